The van der Waals surface area contributed by atoms with Crippen molar-refractivity contribution in [2.24, 2.45) is 5.10 Å². The van der Waals surface area contributed by atoms with Gasteiger partial charge in [-0.1, -0.05) is 10.3 Å². The van der Waals surface area contributed by atoms with Crippen LogP contribution < -0.4 is 10.9 Å². The second kappa shape index (κ2) is 4.94. The predicted octanol–water partition coefficient (Wildman–Crippen LogP) is -0.475. The zero-order valence-electron chi connectivity index (χ0n) is 8.60. The lowest BCUT2D eigenvalue weighted by Gasteiger charge is -2.24. The van der Waals surface area contributed by atoms with Gasteiger partial charge in [0.1, 0.15) is 0 Å². The lowest BCUT2D eigenvalue weighted by atomic mass is 10.5. The molecule has 0 saturated heterocycles. The number of nitrogens with zero attached hydrogens (tertiary/aromatic N) is 2. The average Bonchev–Trinajstić information content (AvgIpc) is 2.28. The standard InChI is InChI=1S/C7H12N4O4/c1-13-5-4-6(14-2)9-11(8-5)10-7(12)15-3/h4,8H,1-3H3,(H,10,12). The van der Waals surface area contributed by atoms with Crippen molar-refractivity contribution in [3.63, 3.8) is 0 Å². The summed E-state index contributed by atoms with van der Waals surface area (Å²) in [6.45, 7) is 0. The van der Waals surface area contributed by atoms with E-state index in [1.807, 2.05) is 0 Å². The van der Waals surface area contributed by atoms with E-state index in [1.165, 1.54) is 27.4 Å². The van der Waals surface area contributed by atoms with Crippen molar-refractivity contribution in [3.05, 3.63) is 12.0 Å². The van der Waals surface area contributed by atoms with Crippen LogP contribution in [0.1, 0.15) is 0 Å². The molecule has 1 rings (SSSR count). The van der Waals surface area contributed by atoms with Gasteiger partial charge in [0.15, 0.2) is 0 Å². The molecule has 0 aromatic heterocycles. The Morgan fingerprint density at radius 3 is 2.73 bits per heavy atom. The monoisotopic (exact) mass is 216 g/mol. The van der Waals surface area contributed by atoms with Crippen molar-refractivity contribution in [2.75, 3.05) is 21.3 Å². The molecule has 8 heteroatoms. The third-order valence-electron chi connectivity index (χ3n) is 1.48. The molecule has 84 valence electrons. The maximum absolute atomic E-state index is 10.9. The number of carbonyl (C=O) groups is 1. The second-order valence-electron chi connectivity index (χ2n) is 2.38. The first-order chi connectivity index (χ1) is 7.19. The van der Waals surface area contributed by atoms with E-state index in [4.69, 9.17) is 9.47 Å². The largest absolute Gasteiger partial charge is 0.481 e. The van der Waals surface area contributed by atoms with Crippen molar-refractivity contribution in [1.29, 1.82) is 0 Å². The summed E-state index contributed by atoms with van der Waals surface area (Å²) >= 11 is 0. The molecule has 1 heterocycles. The van der Waals surface area contributed by atoms with Gasteiger partial charge in [-0.15, -0.1) is 0 Å². The molecule has 15 heavy (non-hydrogen) atoms. The van der Waals surface area contributed by atoms with Crippen LogP contribution in [0.25, 0.3) is 0 Å². The van der Waals surface area contributed by atoms with Crippen LogP contribution in [0.15, 0.2) is 17.1 Å². The van der Waals surface area contributed by atoms with Gasteiger partial charge in [0, 0.05) is 0 Å². The topological polar surface area (TPSA) is 84.4 Å². The summed E-state index contributed by atoms with van der Waals surface area (Å²) in [5.41, 5.74) is 4.90. The van der Waals surface area contributed by atoms with Gasteiger partial charge in [0.05, 0.1) is 27.4 Å². The first-order valence-electron chi connectivity index (χ1n) is 3.99. The third kappa shape index (κ3) is 2.93. The number of carbonyl (C=O) groups excluding carboxylic acids is 1. The van der Waals surface area contributed by atoms with Gasteiger partial charge in [-0.05, 0) is 0 Å². The molecular weight excluding hydrogens is 204 g/mol. The zero-order chi connectivity index (χ0) is 11.3. The summed E-state index contributed by atoms with van der Waals surface area (Å²) in [4.78, 5) is 10.9. The van der Waals surface area contributed by atoms with E-state index in [2.05, 4.69) is 20.7 Å². The Kier molecular flexibility index (Phi) is 3.61. The summed E-state index contributed by atoms with van der Waals surface area (Å²) < 4.78 is 14.2. The molecular formula is C7H12N4O4. The lowest BCUT2D eigenvalue weighted by molar-refractivity contribution is 0.0705. The van der Waals surface area contributed by atoms with Crippen LogP contribution in [0, 0.1) is 0 Å². The molecule has 0 saturated carbocycles. The fourth-order valence-electron chi connectivity index (χ4n) is 0.791. The fraction of sp³-hybridized carbons (Fsp3) is 0.429. The number of hydrogen-bond donors (Lipinski definition) is 2. The zero-order valence-corrected chi connectivity index (χ0v) is 8.60. The number of hydrazone groups is 1. The number of ether oxygens (including phenoxy) is 3. The quantitative estimate of drug-likeness (QED) is 0.649. The molecule has 1 aliphatic heterocycles. The first-order valence-corrected chi connectivity index (χ1v) is 3.99. The van der Waals surface area contributed by atoms with E-state index in [0.717, 1.165) is 5.23 Å². The molecule has 0 unspecified atom stereocenters. The van der Waals surface area contributed by atoms with Crippen LogP contribution in [0.2, 0.25) is 0 Å². The Balaban J connectivity index is 2.65. The van der Waals surface area contributed by atoms with Gasteiger partial charge >= 0.3 is 6.09 Å². The Bertz CT molecular complexity index is 299. The van der Waals surface area contributed by atoms with Crippen LogP contribution in [-0.2, 0) is 14.2 Å². The average molecular weight is 216 g/mol. The van der Waals surface area contributed by atoms with Crippen molar-refractivity contribution in [1.82, 2.24) is 16.1 Å². The van der Waals surface area contributed by atoms with Gasteiger partial charge in [0.2, 0.25) is 11.8 Å². The first kappa shape index (κ1) is 11.0. The Morgan fingerprint density at radius 1 is 1.47 bits per heavy atom. The molecule has 0 bridgehead atoms. The fourth-order valence-corrected chi connectivity index (χ4v) is 0.791. The number of hydrazine groups is 2. The number of nitrogens with one attached hydrogen (secondary N) is 2. The Labute approximate surface area is 86.4 Å². The summed E-state index contributed by atoms with van der Waals surface area (Å²) in [5.74, 6) is 0.653. The molecule has 0 aliphatic carbocycles. The summed E-state index contributed by atoms with van der Waals surface area (Å²) in [6.07, 6.45) is 0.856. The number of amides is 1. The minimum absolute atomic E-state index is 0.280. The molecule has 8 nitrogen and oxygen atoms in total. The maximum Gasteiger partial charge on any atom is 0.428 e. The van der Waals surface area contributed by atoms with Crippen LogP contribution in [0.5, 0.6) is 0 Å². The molecule has 0 aromatic rings. The SMILES string of the molecule is COC(=O)NN1N=C(OC)C=C(OC)N1. The lowest BCUT2D eigenvalue weighted by Crippen LogP contribution is -2.49. The van der Waals surface area contributed by atoms with Crippen LogP contribution in [0.4, 0.5) is 4.79 Å². The highest BCUT2D eigenvalue weighted by Crippen LogP contribution is 2.01. The van der Waals surface area contributed by atoms with Gasteiger partial charge in [-0.2, -0.15) is 5.43 Å². The molecule has 1 aliphatic rings. The smallest absolute Gasteiger partial charge is 0.428 e. The molecule has 2 N–H and O–H groups in total. The third-order valence-corrected chi connectivity index (χ3v) is 1.48. The van der Waals surface area contributed by atoms with Gasteiger partial charge in [-0.3, -0.25) is 0 Å². The van der Waals surface area contributed by atoms with Gasteiger partial charge < -0.3 is 14.2 Å². The van der Waals surface area contributed by atoms with E-state index in [0.29, 0.717) is 5.88 Å². The van der Waals surface area contributed by atoms with Crippen molar-refractivity contribution in [2.45, 2.75) is 0 Å². The number of methoxy groups -OCH3 is 3. The predicted molar refractivity (Wildman–Crippen MR) is 50.1 cm³/mol. The van der Waals surface area contributed by atoms with Crippen molar-refractivity contribution < 1.29 is 19.0 Å². The molecule has 0 fully saturated rings. The summed E-state index contributed by atoms with van der Waals surface area (Å²) in [7, 11) is 4.16. The van der Waals surface area contributed by atoms with E-state index in [1.54, 1.807) is 0 Å². The van der Waals surface area contributed by atoms with Crippen LogP contribution in [0.3, 0.4) is 0 Å². The molecule has 0 spiro atoms. The normalized spacial score (nSPS) is 14.5. The van der Waals surface area contributed by atoms with E-state index >= 15 is 0 Å². The Hall–Kier alpha value is -2.12. The van der Waals surface area contributed by atoms with Crippen LogP contribution >= 0.6 is 0 Å². The van der Waals surface area contributed by atoms with E-state index in [9.17, 15) is 4.79 Å². The minimum atomic E-state index is -0.668. The highest BCUT2D eigenvalue weighted by Gasteiger charge is 2.15. The molecule has 0 atom stereocenters. The maximum atomic E-state index is 10.9. The highest BCUT2D eigenvalue weighted by molar-refractivity contribution is 5.88. The van der Waals surface area contributed by atoms with Gasteiger partial charge in [0.25, 0.3) is 0 Å². The summed E-state index contributed by atoms with van der Waals surface area (Å²) in [5, 5.41) is 4.85. The molecule has 0 radical (unpaired) electrons. The number of hydrogen-bond acceptors (Lipinski definition) is 7. The number of rotatable bonds is 2. The highest BCUT2D eigenvalue weighted by atomic mass is 16.5. The van der Waals surface area contributed by atoms with E-state index in [-0.39, 0.29) is 5.90 Å². The summed E-state index contributed by atoms with van der Waals surface area (Å²) in [6, 6.07) is 0. The van der Waals surface area contributed by atoms with Crippen molar-refractivity contribution >= 4 is 12.0 Å². The Morgan fingerprint density at radius 2 is 2.20 bits per heavy atom. The minimum Gasteiger partial charge on any atom is -0.481 e. The molecule has 0 aromatic carbocycles. The van der Waals surface area contributed by atoms with E-state index < -0.39 is 6.09 Å². The van der Waals surface area contributed by atoms with Crippen molar-refractivity contribution in [3.8, 4) is 0 Å². The second-order valence-corrected chi connectivity index (χ2v) is 2.38. The van der Waals surface area contributed by atoms with Crippen LogP contribution in [-0.4, -0.2) is 38.5 Å². The van der Waals surface area contributed by atoms with Gasteiger partial charge in [-0.25, -0.2) is 10.2 Å². The molecule has 1 amide bonds.